The lowest BCUT2D eigenvalue weighted by molar-refractivity contribution is -0.161. The molecule has 3 aromatic rings. The van der Waals surface area contributed by atoms with Crippen LogP contribution in [0.4, 0.5) is 5.13 Å². The van der Waals surface area contributed by atoms with E-state index >= 15 is 0 Å². The average molecular weight is 479 g/mol. The number of thiazole rings is 2. The number of nitrogens with two attached hydrogens (primary N) is 1. The van der Waals surface area contributed by atoms with E-state index in [-0.39, 0.29) is 17.4 Å². The third-order valence-electron chi connectivity index (χ3n) is 3.70. The largest absolute Gasteiger partial charge is 0.460 e. The van der Waals surface area contributed by atoms with Crippen molar-refractivity contribution >= 4 is 66.6 Å². The Morgan fingerprint density at radius 3 is 2.65 bits per heavy atom. The smallest absolute Gasteiger partial charge is 0.312 e. The molecule has 31 heavy (non-hydrogen) atoms. The summed E-state index contributed by atoms with van der Waals surface area (Å²) in [7, 11) is 0. The Morgan fingerprint density at radius 2 is 2.00 bits per heavy atom. The monoisotopic (exact) mass is 478 g/mol. The fraction of sp³-hybridized carbons (Fsp3) is 0.350. The van der Waals surface area contributed by atoms with Gasteiger partial charge in [-0.2, -0.15) is 0 Å². The molecule has 0 aliphatic rings. The number of esters is 1. The number of oxime groups is 1. The molecule has 0 radical (unpaired) electrons. The van der Waals surface area contributed by atoms with E-state index in [2.05, 4.69) is 15.1 Å². The normalized spacial score (nSPS) is 13.2. The third kappa shape index (κ3) is 6.49. The van der Waals surface area contributed by atoms with Gasteiger partial charge in [0.1, 0.15) is 17.9 Å². The Balaban J connectivity index is 1.73. The van der Waals surface area contributed by atoms with Crippen molar-refractivity contribution in [1.29, 1.82) is 0 Å². The van der Waals surface area contributed by atoms with Gasteiger partial charge in [0.2, 0.25) is 5.12 Å². The molecule has 0 amide bonds. The van der Waals surface area contributed by atoms with Crippen LogP contribution in [0.1, 0.15) is 33.4 Å². The van der Waals surface area contributed by atoms with E-state index in [9.17, 15) is 9.59 Å². The molecule has 0 aliphatic heterocycles. The van der Waals surface area contributed by atoms with Crippen molar-refractivity contribution in [2.45, 2.75) is 37.6 Å². The van der Waals surface area contributed by atoms with E-state index in [1.807, 2.05) is 24.3 Å². The van der Waals surface area contributed by atoms with Crippen LogP contribution in [-0.2, 0) is 19.2 Å². The van der Waals surface area contributed by atoms with Crippen molar-refractivity contribution in [2.75, 3.05) is 12.3 Å². The number of nitrogens with zero attached hydrogens (tertiary/aromatic N) is 3. The van der Waals surface area contributed by atoms with Crippen LogP contribution in [0.2, 0.25) is 0 Å². The minimum atomic E-state index is -0.595. The number of hydrogen-bond donors (Lipinski definition) is 1. The summed E-state index contributed by atoms with van der Waals surface area (Å²) in [5.74, 6) is -0.964. The number of benzene rings is 1. The minimum absolute atomic E-state index is 0.00796. The van der Waals surface area contributed by atoms with Crippen molar-refractivity contribution in [2.24, 2.45) is 11.1 Å². The fourth-order valence-electron chi connectivity index (χ4n) is 2.29. The van der Waals surface area contributed by atoms with Crippen LogP contribution in [0.3, 0.4) is 0 Å². The van der Waals surface area contributed by atoms with Gasteiger partial charge in [0.05, 0.1) is 16.1 Å². The Kier molecular flexibility index (Phi) is 7.29. The van der Waals surface area contributed by atoms with Gasteiger partial charge in [-0.25, -0.2) is 9.97 Å². The minimum Gasteiger partial charge on any atom is -0.460 e. The molecule has 164 valence electrons. The van der Waals surface area contributed by atoms with E-state index in [0.29, 0.717) is 15.2 Å². The maximum absolute atomic E-state index is 12.9. The number of nitrogen functional groups attached to an aromatic ring is 1. The number of para-hydroxylation sites is 1. The predicted molar refractivity (Wildman–Crippen MR) is 125 cm³/mol. The zero-order valence-electron chi connectivity index (χ0n) is 17.4. The van der Waals surface area contributed by atoms with Crippen molar-refractivity contribution in [3.05, 3.63) is 35.3 Å². The first-order valence-corrected chi connectivity index (χ1v) is 11.9. The molecule has 1 atom stereocenters. The van der Waals surface area contributed by atoms with E-state index in [1.54, 1.807) is 33.1 Å². The SMILES string of the molecule is CC(CO/N=C(/C(=O)Sc1nc2ccccc2s1)c1csc(N)n1)C(=O)OC(C)(C)C. The number of rotatable bonds is 7. The lowest BCUT2D eigenvalue weighted by Gasteiger charge is -2.21. The molecule has 2 heterocycles. The van der Waals surface area contributed by atoms with Crippen LogP contribution in [0.15, 0.2) is 39.1 Å². The Hall–Kier alpha value is -2.50. The van der Waals surface area contributed by atoms with Crippen LogP contribution in [0, 0.1) is 5.92 Å². The topological polar surface area (TPSA) is 117 Å². The zero-order chi connectivity index (χ0) is 22.6. The molecule has 0 spiro atoms. The molecule has 3 rings (SSSR count). The highest BCUT2D eigenvalue weighted by Crippen LogP contribution is 2.30. The summed E-state index contributed by atoms with van der Waals surface area (Å²) < 4.78 is 6.90. The summed E-state index contributed by atoms with van der Waals surface area (Å²) in [4.78, 5) is 39.0. The number of ether oxygens (including phenoxy) is 1. The maximum atomic E-state index is 12.9. The molecule has 0 bridgehead atoms. The first-order chi connectivity index (χ1) is 14.6. The molecule has 0 saturated heterocycles. The fourth-order valence-corrected chi connectivity index (χ4v) is 4.74. The Bertz CT molecular complexity index is 1080. The Morgan fingerprint density at radius 1 is 1.26 bits per heavy atom. The standard InChI is InChI=1S/C20H22N4O4S3/c1-11(16(25)28-20(2,3)4)9-27-24-15(13-10-29-18(21)22-13)17(26)31-19-23-12-7-5-6-8-14(12)30-19/h5-8,10-11H,9H2,1-4H3,(H2,21,22)/b24-15+. The van der Waals surface area contributed by atoms with Gasteiger partial charge in [-0.1, -0.05) is 17.3 Å². The zero-order valence-corrected chi connectivity index (χ0v) is 19.9. The summed E-state index contributed by atoms with van der Waals surface area (Å²) in [6.45, 7) is 7.00. The highest BCUT2D eigenvalue weighted by atomic mass is 32.2. The second-order valence-corrected chi connectivity index (χ2v) is 10.7. The summed E-state index contributed by atoms with van der Waals surface area (Å²) >= 11 is 3.55. The second kappa shape index (κ2) is 9.75. The molecule has 8 nitrogen and oxygen atoms in total. The van der Waals surface area contributed by atoms with Crippen molar-refractivity contribution in [3.63, 3.8) is 0 Å². The van der Waals surface area contributed by atoms with Crippen molar-refractivity contribution in [1.82, 2.24) is 9.97 Å². The number of anilines is 1. The average Bonchev–Trinajstić information content (AvgIpc) is 3.28. The molecule has 11 heteroatoms. The first kappa shape index (κ1) is 23.2. The van der Waals surface area contributed by atoms with Gasteiger partial charge in [0.25, 0.3) is 0 Å². The summed E-state index contributed by atoms with van der Waals surface area (Å²) in [5, 5.41) is 5.54. The number of carbonyl (C=O) groups excluding carboxylic acids is 2. The van der Waals surface area contributed by atoms with Gasteiger partial charge in [0.15, 0.2) is 15.2 Å². The van der Waals surface area contributed by atoms with E-state index in [0.717, 1.165) is 22.0 Å². The molecule has 0 saturated carbocycles. The molecular formula is C20H22N4O4S3. The van der Waals surface area contributed by atoms with Crippen LogP contribution >= 0.6 is 34.4 Å². The van der Waals surface area contributed by atoms with E-state index in [1.165, 1.54) is 22.7 Å². The number of aromatic nitrogens is 2. The van der Waals surface area contributed by atoms with Crippen LogP contribution < -0.4 is 5.73 Å². The number of carbonyl (C=O) groups is 2. The number of thioether (sulfide) groups is 1. The molecule has 0 aliphatic carbocycles. The molecule has 2 N–H and O–H groups in total. The molecule has 2 aromatic heterocycles. The number of fused-ring (bicyclic) bond motifs is 1. The summed E-state index contributed by atoms with van der Waals surface area (Å²) in [6.07, 6.45) is 0. The van der Waals surface area contributed by atoms with E-state index in [4.69, 9.17) is 15.3 Å². The van der Waals surface area contributed by atoms with Crippen LogP contribution in [0.5, 0.6) is 0 Å². The Labute approximate surface area is 191 Å². The summed E-state index contributed by atoms with van der Waals surface area (Å²) in [5.41, 5.74) is 6.26. The highest BCUT2D eigenvalue weighted by molar-refractivity contribution is 8.16. The third-order valence-corrected chi connectivity index (χ3v) is 6.35. The van der Waals surface area contributed by atoms with Crippen LogP contribution in [-0.4, -0.2) is 39.0 Å². The van der Waals surface area contributed by atoms with E-state index < -0.39 is 17.5 Å². The lowest BCUT2D eigenvalue weighted by atomic mass is 10.1. The molecule has 1 unspecified atom stereocenters. The summed E-state index contributed by atoms with van der Waals surface area (Å²) in [6, 6.07) is 7.64. The van der Waals surface area contributed by atoms with Crippen LogP contribution in [0.25, 0.3) is 10.2 Å². The lowest BCUT2D eigenvalue weighted by Crippen LogP contribution is -2.29. The van der Waals surface area contributed by atoms with Gasteiger partial charge in [-0.15, -0.1) is 22.7 Å². The van der Waals surface area contributed by atoms with Gasteiger partial charge < -0.3 is 15.3 Å². The molecule has 0 fully saturated rings. The van der Waals surface area contributed by atoms with Gasteiger partial charge in [-0.3, -0.25) is 9.59 Å². The maximum Gasteiger partial charge on any atom is 0.312 e. The van der Waals surface area contributed by atoms with Crippen molar-refractivity contribution in [3.8, 4) is 0 Å². The van der Waals surface area contributed by atoms with Crippen molar-refractivity contribution < 1.29 is 19.2 Å². The second-order valence-electron chi connectivity index (χ2n) is 7.58. The highest BCUT2D eigenvalue weighted by Gasteiger charge is 2.24. The quantitative estimate of drug-likeness (QED) is 0.230. The predicted octanol–water partition coefficient (Wildman–Crippen LogP) is 4.35. The first-order valence-electron chi connectivity index (χ1n) is 9.34. The van der Waals surface area contributed by atoms with Gasteiger partial charge in [-0.05, 0) is 51.6 Å². The number of hydrogen-bond acceptors (Lipinski definition) is 11. The molecular weight excluding hydrogens is 456 g/mol. The van der Waals surface area contributed by atoms with Gasteiger partial charge >= 0.3 is 5.97 Å². The molecule has 1 aromatic carbocycles. The van der Waals surface area contributed by atoms with Gasteiger partial charge in [0, 0.05) is 5.38 Å².